The number of nitrogens with zero attached hydrogens (tertiary/aromatic N) is 1. The second-order valence-corrected chi connectivity index (χ2v) is 3.75. The first-order valence-corrected chi connectivity index (χ1v) is 5.32. The lowest BCUT2D eigenvalue weighted by atomic mass is 10.1. The second kappa shape index (κ2) is 4.40. The molecule has 17 heavy (non-hydrogen) atoms. The number of hydrogen-bond acceptors (Lipinski definition) is 5. The molecule has 0 saturated carbocycles. The fourth-order valence-corrected chi connectivity index (χ4v) is 1.85. The first-order chi connectivity index (χ1) is 8.11. The van der Waals surface area contributed by atoms with Gasteiger partial charge >= 0.3 is 5.97 Å². The molecule has 0 spiro atoms. The van der Waals surface area contributed by atoms with E-state index < -0.39 is 11.0 Å². The van der Waals surface area contributed by atoms with E-state index >= 15 is 0 Å². The van der Waals surface area contributed by atoms with Crippen LogP contribution in [0.2, 0.25) is 0 Å². The minimum Gasteiger partial charge on any atom is -0.464 e. The van der Waals surface area contributed by atoms with Crippen molar-refractivity contribution in [2.24, 2.45) is 0 Å². The highest BCUT2D eigenvalue weighted by Gasteiger charge is 2.28. The van der Waals surface area contributed by atoms with Crippen molar-refractivity contribution < 1.29 is 14.5 Å². The van der Waals surface area contributed by atoms with Crippen LogP contribution < -0.4 is 5.32 Å². The van der Waals surface area contributed by atoms with Gasteiger partial charge in [-0.1, -0.05) is 0 Å². The summed E-state index contributed by atoms with van der Waals surface area (Å²) in [4.78, 5) is 21.7. The predicted octanol–water partition coefficient (Wildman–Crippen LogP) is 1.49. The van der Waals surface area contributed by atoms with E-state index in [9.17, 15) is 14.9 Å². The molecule has 6 heteroatoms. The molecule has 0 saturated heterocycles. The Kier molecular flexibility index (Phi) is 2.95. The Morgan fingerprint density at radius 2 is 2.41 bits per heavy atom. The van der Waals surface area contributed by atoms with Crippen LogP contribution in [0.5, 0.6) is 0 Å². The molecule has 1 atom stereocenters. The Labute approximate surface area is 97.7 Å². The lowest BCUT2D eigenvalue weighted by molar-refractivity contribution is -0.384. The van der Waals surface area contributed by atoms with E-state index in [4.69, 9.17) is 4.74 Å². The fourth-order valence-electron chi connectivity index (χ4n) is 1.85. The number of carbonyl (C=O) groups excluding carboxylic acids is 1. The third kappa shape index (κ3) is 2.20. The van der Waals surface area contributed by atoms with Crippen LogP contribution in [0.15, 0.2) is 18.2 Å². The van der Waals surface area contributed by atoms with Gasteiger partial charge in [0.15, 0.2) is 0 Å². The first-order valence-electron chi connectivity index (χ1n) is 5.32. The van der Waals surface area contributed by atoms with Gasteiger partial charge in [0.05, 0.1) is 11.5 Å². The molecule has 1 unspecified atom stereocenters. The van der Waals surface area contributed by atoms with Crippen molar-refractivity contribution in [2.45, 2.75) is 19.4 Å². The minimum absolute atomic E-state index is 0.0371. The third-order valence-electron chi connectivity index (χ3n) is 2.62. The summed E-state index contributed by atoms with van der Waals surface area (Å²) in [5.41, 5.74) is 1.57. The van der Waals surface area contributed by atoms with Crippen molar-refractivity contribution in [3.05, 3.63) is 33.9 Å². The van der Waals surface area contributed by atoms with E-state index in [0.29, 0.717) is 13.0 Å². The normalized spacial score (nSPS) is 17.1. The molecule has 0 aromatic heterocycles. The molecular weight excluding hydrogens is 224 g/mol. The number of hydrogen-bond donors (Lipinski definition) is 1. The molecule has 0 bridgehead atoms. The largest absolute Gasteiger partial charge is 0.464 e. The highest BCUT2D eigenvalue weighted by molar-refractivity contribution is 5.83. The summed E-state index contributed by atoms with van der Waals surface area (Å²) in [5, 5.41) is 13.6. The summed E-state index contributed by atoms with van der Waals surface area (Å²) in [5.74, 6) is -0.327. The number of anilines is 1. The van der Waals surface area contributed by atoms with Gasteiger partial charge in [-0.05, 0) is 18.6 Å². The van der Waals surface area contributed by atoms with Crippen LogP contribution in [0, 0.1) is 10.1 Å². The number of ether oxygens (including phenoxy) is 1. The summed E-state index contributed by atoms with van der Waals surface area (Å²) in [6, 6.07) is 4.08. The molecule has 6 nitrogen and oxygen atoms in total. The topological polar surface area (TPSA) is 81.5 Å². The van der Waals surface area contributed by atoms with Gasteiger partial charge in [0.1, 0.15) is 6.04 Å². The molecule has 1 aromatic rings. The lowest BCUT2D eigenvalue weighted by Crippen LogP contribution is -2.28. The van der Waals surface area contributed by atoms with Crippen LogP contribution >= 0.6 is 0 Å². The number of nitro benzene ring substituents is 1. The minimum atomic E-state index is -0.446. The van der Waals surface area contributed by atoms with E-state index in [1.54, 1.807) is 13.0 Å². The summed E-state index contributed by atoms with van der Waals surface area (Å²) < 4.78 is 4.90. The molecule has 0 amide bonds. The second-order valence-electron chi connectivity index (χ2n) is 3.75. The molecule has 0 aliphatic carbocycles. The number of nitro groups is 1. The monoisotopic (exact) mass is 236 g/mol. The van der Waals surface area contributed by atoms with E-state index in [1.165, 1.54) is 12.1 Å². The van der Waals surface area contributed by atoms with E-state index in [2.05, 4.69) is 5.32 Å². The highest BCUT2D eigenvalue weighted by Crippen LogP contribution is 2.29. The summed E-state index contributed by atoms with van der Waals surface area (Å²) in [6.45, 7) is 2.07. The Bertz CT molecular complexity index is 473. The zero-order chi connectivity index (χ0) is 12.4. The van der Waals surface area contributed by atoms with Crippen LogP contribution in [0.1, 0.15) is 12.5 Å². The third-order valence-corrected chi connectivity index (χ3v) is 2.62. The van der Waals surface area contributed by atoms with Gasteiger partial charge < -0.3 is 10.1 Å². The molecule has 1 N–H and O–H groups in total. The van der Waals surface area contributed by atoms with Gasteiger partial charge in [0.25, 0.3) is 5.69 Å². The van der Waals surface area contributed by atoms with Crippen molar-refractivity contribution in [1.29, 1.82) is 0 Å². The predicted molar refractivity (Wildman–Crippen MR) is 60.8 cm³/mol. The SMILES string of the molecule is CCOC(=O)C1Cc2cc([N+](=O)[O-])ccc2N1. The molecular formula is C11H12N2O4. The van der Waals surface area contributed by atoms with Crippen molar-refractivity contribution in [1.82, 2.24) is 0 Å². The van der Waals surface area contributed by atoms with Crippen LogP contribution in [0.4, 0.5) is 11.4 Å². The molecule has 1 aliphatic rings. The average molecular weight is 236 g/mol. The van der Waals surface area contributed by atoms with Crippen LogP contribution in [-0.4, -0.2) is 23.5 Å². The van der Waals surface area contributed by atoms with Gasteiger partial charge in [-0.2, -0.15) is 0 Å². The average Bonchev–Trinajstić information content (AvgIpc) is 2.71. The molecule has 0 radical (unpaired) electrons. The zero-order valence-electron chi connectivity index (χ0n) is 9.30. The number of fused-ring (bicyclic) bond motifs is 1. The summed E-state index contributed by atoms with van der Waals surface area (Å²) in [6.07, 6.45) is 0.426. The van der Waals surface area contributed by atoms with Crippen LogP contribution in [-0.2, 0) is 16.0 Å². The fraction of sp³-hybridized carbons (Fsp3) is 0.364. The van der Waals surface area contributed by atoms with Crippen molar-refractivity contribution >= 4 is 17.3 Å². The Balaban J connectivity index is 2.16. The summed E-state index contributed by atoms with van der Waals surface area (Å²) in [7, 11) is 0. The smallest absolute Gasteiger partial charge is 0.328 e. The van der Waals surface area contributed by atoms with Crippen molar-refractivity contribution in [3.8, 4) is 0 Å². The van der Waals surface area contributed by atoms with E-state index in [1.807, 2.05) is 0 Å². The molecule has 90 valence electrons. The van der Waals surface area contributed by atoms with Crippen LogP contribution in [0.3, 0.4) is 0 Å². The van der Waals surface area contributed by atoms with Gasteiger partial charge in [0.2, 0.25) is 0 Å². The maximum Gasteiger partial charge on any atom is 0.328 e. The Morgan fingerprint density at radius 3 is 3.06 bits per heavy atom. The standard InChI is InChI=1S/C11H12N2O4/c1-2-17-11(14)10-6-7-5-8(13(15)16)3-4-9(7)12-10/h3-5,10,12H,2,6H2,1H3. The Morgan fingerprint density at radius 1 is 1.65 bits per heavy atom. The maximum atomic E-state index is 11.5. The Hall–Kier alpha value is -2.11. The van der Waals surface area contributed by atoms with E-state index in [-0.39, 0.29) is 11.7 Å². The van der Waals surface area contributed by atoms with E-state index in [0.717, 1.165) is 11.3 Å². The molecule has 0 fully saturated rings. The van der Waals surface area contributed by atoms with Gasteiger partial charge in [0, 0.05) is 24.2 Å². The number of nitrogens with one attached hydrogen (secondary N) is 1. The van der Waals surface area contributed by atoms with Crippen LogP contribution in [0.25, 0.3) is 0 Å². The number of benzene rings is 1. The highest BCUT2D eigenvalue weighted by atomic mass is 16.6. The molecule has 1 heterocycles. The molecule has 1 aromatic carbocycles. The number of non-ortho nitro benzene ring substituents is 1. The first kappa shape index (κ1) is 11.4. The number of esters is 1. The maximum absolute atomic E-state index is 11.5. The quantitative estimate of drug-likeness (QED) is 0.488. The number of carbonyl (C=O) groups is 1. The molecule has 1 aliphatic heterocycles. The van der Waals surface area contributed by atoms with Gasteiger partial charge in [-0.25, -0.2) is 4.79 Å². The van der Waals surface area contributed by atoms with Gasteiger partial charge in [-0.15, -0.1) is 0 Å². The zero-order valence-corrected chi connectivity index (χ0v) is 9.30. The lowest BCUT2D eigenvalue weighted by Gasteiger charge is -2.09. The molecule has 2 rings (SSSR count). The summed E-state index contributed by atoms with van der Waals surface area (Å²) >= 11 is 0. The number of rotatable bonds is 3. The van der Waals surface area contributed by atoms with Crippen molar-refractivity contribution in [2.75, 3.05) is 11.9 Å². The van der Waals surface area contributed by atoms with Crippen molar-refractivity contribution in [3.63, 3.8) is 0 Å². The van der Waals surface area contributed by atoms with Gasteiger partial charge in [-0.3, -0.25) is 10.1 Å².